The Labute approximate surface area is 195 Å². The number of aliphatic imine (C=N–C) groups is 1. The molecule has 2 unspecified atom stereocenters. The minimum absolute atomic E-state index is 0.0146. The number of nitro groups is 1. The van der Waals surface area contributed by atoms with Gasteiger partial charge in [-0.1, -0.05) is 69.6 Å². The minimum atomic E-state index is -1.90. The van der Waals surface area contributed by atoms with Gasteiger partial charge >= 0.3 is 0 Å². The molecule has 29 heavy (non-hydrogen) atoms. The zero-order valence-corrected chi connectivity index (χ0v) is 18.6. The third-order valence-corrected chi connectivity index (χ3v) is 4.93. The van der Waals surface area contributed by atoms with Gasteiger partial charge in [-0.25, -0.2) is 0 Å². The zero-order chi connectivity index (χ0) is 21.4. The van der Waals surface area contributed by atoms with Crippen LogP contribution in [-0.4, -0.2) is 25.0 Å². The van der Waals surface area contributed by atoms with E-state index in [1.54, 1.807) is 30.3 Å². The molecule has 0 radical (unpaired) electrons. The first-order chi connectivity index (χ1) is 13.4. The molecule has 1 aliphatic heterocycles. The summed E-state index contributed by atoms with van der Waals surface area (Å²) in [6, 6.07) is 10.8. The normalized spacial score (nSPS) is 19.7. The van der Waals surface area contributed by atoms with E-state index >= 15 is 0 Å². The van der Waals surface area contributed by atoms with Crippen molar-refractivity contribution in [3.8, 4) is 5.75 Å². The lowest BCUT2D eigenvalue weighted by molar-refractivity contribution is -0.384. The molecule has 6 nitrogen and oxygen atoms in total. The largest absolute Gasteiger partial charge is 0.460 e. The summed E-state index contributed by atoms with van der Waals surface area (Å²) in [4.78, 5) is 14.6. The fraction of sp³-hybridized carbons (Fsp3) is 0.235. The first kappa shape index (κ1) is 22.7. The predicted octanol–water partition coefficient (Wildman–Crippen LogP) is 6.86. The van der Waals surface area contributed by atoms with Crippen LogP contribution in [0.5, 0.6) is 5.75 Å². The van der Waals surface area contributed by atoms with Crippen LogP contribution in [0.4, 0.5) is 11.4 Å². The maximum absolute atomic E-state index is 10.7. The minimum Gasteiger partial charge on any atom is -0.460 e. The van der Waals surface area contributed by atoms with Crippen LogP contribution in [0.3, 0.4) is 0 Å². The van der Waals surface area contributed by atoms with E-state index in [9.17, 15) is 10.1 Å². The first-order valence-corrected chi connectivity index (χ1v) is 10.1. The van der Waals surface area contributed by atoms with Crippen LogP contribution >= 0.6 is 69.6 Å². The lowest BCUT2D eigenvalue weighted by Crippen LogP contribution is -2.42. The molecule has 12 heteroatoms. The van der Waals surface area contributed by atoms with Crippen molar-refractivity contribution in [2.45, 2.75) is 20.0 Å². The summed E-state index contributed by atoms with van der Waals surface area (Å²) in [6.07, 6.45) is -0.828. The SMILES string of the molecule is O=[N+]([O-])c1ccc(C=Nc2ccc3c(c2)C(C(Cl)(Cl)Cl)OC(C(Cl)(Cl)Cl)O3)cc1. The molecule has 0 bridgehead atoms. The number of benzene rings is 2. The zero-order valence-electron chi connectivity index (χ0n) is 14.1. The highest BCUT2D eigenvalue weighted by molar-refractivity contribution is 6.68. The van der Waals surface area contributed by atoms with E-state index < -0.39 is 24.9 Å². The fourth-order valence-electron chi connectivity index (χ4n) is 2.50. The van der Waals surface area contributed by atoms with Crippen LogP contribution in [-0.2, 0) is 4.74 Å². The lowest BCUT2D eigenvalue weighted by Gasteiger charge is -2.38. The summed E-state index contributed by atoms with van der Waals surface area (Å²) in [5.41, 5.74) is 1.56. The van der Waals surface area contributed by atoms with Crippen molar-refractivity contribution in [1.29, 1.82) is 0 Å². The molecule has 0 N–H and O–H groups in total. The molecule has 0 fully saturated rings. The van der Waals surface area contributed by atoms with E-state index in [1.807, 2.05) is 0 Å². The van der Waals surface area contributed by atoms with Crippen molar-refractivity contribution >= 4 is 87.2 Å². The number of alkyl halides is 6. The summed E-state index contributed by atoms with van der Waals surface area (Å²) in [5.74, 6) is 0.318. The summed E-state index contributed by atoms with van der Waals surface area (Å²) in [7, 11) is 0. The maximum atomic E-state index is 10.7. The fourth-order valence-corrected chi connectivity index (χ4v) is 3.29. The van der Waals surface area contributed by atoms with Gasteiger partial charge in [-0.2, -0.15) is 0 Å². The van der Waals surface area contributed by atoms with Gasteiger partial charge in [0.05, 0.1) is 10.6 Å². The molecule has 0 aliphatic carbocycles. The molecule has 1 aliphatic rings. The van der Waals surface area contributed by atoms with Crippen molar-refractivity contribution in [2.75, 3.05) is 0 Å². The number of halogens is 6. The van der Waals surface area contributed by atoms with Crippen molar-refractivity contribution in [3.05, 3.63) is 63.7 Å². The van der Waals surface area contributed by atoms with Gasteiger partial charge in [0.15, 0.2) is 0 Å². The van der Waals surface area contributed by atoms with Crippen LogP contribution in [0.1, 0.15) is 17.2 Å². The molecule has 0 spiro atoms. The molecule has 2 aromatic carbocycles. The molecule has 3 rings (SSSR count). The molecular formula is C17H10Cl6N2O4. The Bertz CT molecular complexity index is 940. The van der Waals surface area contributed by atoms with Crippen molar-refractivity contribution in [3.63, 3.8) is 0 Å². The standard InChI is InChI=1S/C17H10Cl6N2O4/c18-16(19,20)14-12-7-10(3-6-13(12)28-15(29-14)17(21,22)23)24-8-9-1-4-11(5-2-9)25(26)27/h1-8,14-15H. The van der Waals surface area contributed by atoms with Crippen LogP contribution in [0, 0.1) is 10.1 Å². The van der Waals surface area contributed by atoms with Gasteiger partial charge in [0.25, 0.3) is 9.48 Å². The van der Waals surface area contributed by atoms with Gasteiger partial charge in [0, 0.05) is 23.9 Å². The Balaban J connectivity index is 1.90. The number of nitro benzene ring substituents is 1. The quantitative estimate of drug-likeness (QED) is 0.192. The van der Waals surface area contributed by atoms with E-state index in [2.05, 4.69) is 4.99 Å². The van der Waals surface area contributed by atoms with Crippen LogP contribution in [0.25, 0.3) is 0 Å². The Kier molecular flexibility index (Phi) is 6.75. The molecule has 2 aromatic rings. The van der Waals surface area contributed by atoms with Crippen molar-refractivity contribution in [1.82, 2.24) is 0 Å². The van der Waals surface area contributed by atoms with Crippen LogP contribution in [0.15, 0.2) is 47.5 Å². The van der Waals surface area contributed by atoms with E-state index in [0.717, 1.165) is 0 Å². The molecule has 2 atom stereocenters. The van der Waals surface area contributed by atoms with E-state index in [4.69, 9.17) is 79.1 Å². The predicted molar refractivity (Wildman–Crippen MR) is 116 cm³/mol. The highest BCUT2D eigenvalue weighted by Gasteiger charge is 2.48. The van der Waals surface area contributed by atoms with E-state index in [0.29, 0.717) is 22.6 Å². The Morgan fingerprint density at radius 1 is 1.00 bits per heavy atom. The second-order valence-corrected chi connectivity index (χ2v) is 10.6. The van der Waals surface area contributed by atoms with Crippen LogP contribution < -0.4 is 4.74 Å². The average Bonchev–Trinajstić information content (AvgIpc) is 2.64. The van der Waals surface area contributed by atoms with Crippen molar-refractivity contribution < 1.29 is 14.4 Å². The molecule has 1 heterocycles. The highest BCUT2D eigenvalue weighted by atomic mass is 35.6. The Morgan fingerprint density at radius 2 is 1.66 bits per heavy atom. The number of nitrogens with zero attached hydrogens (tertiary/aromatic N) is 2. The van der Waals surface area contributed by atoms with Gasteiger partial charge in [-0.15, -0.1) is 0 Å². The number of non-ortho nitro benzene ring substituents is 1. The number of hydrogen-bond acceptors (Lipinski definition) is 5. The van der Waals surface area contributed by atoms with E-state index in [-0.39, 0.29) is 5.69 Å². The van der Waals surface area contributed by atoms with Gasteiger partial charge in [0.2, 0.25) is 10.1 Å². The topological polar surface area (TPSA) is 74.0 Å². The molecule has 154 valence electrons. The summed E-state index contributed by atoms with van der Waals surface area (Å²) >= 11 is 35.7. The number of hydrogen-bond donors (Lipinski definition) is 0. The van der Waals surface area contributed by atoms with Gasteiger partial charge in [0.1, 0.15) is 11.9 Å². The summed E-state index contributed by atoms with van der Waals surface area (Å²) in [5, 5.41) is 10.7. The summed E-state index contributed by atoms with van der Waals surface area (Å²) in [6.45, 7) is 0. The van der Waals surface area contributed by atoms with Gasteiger partial charge < -0.3 is 9.47 Å². The van der Waals surface area contributed by atoms with Crippen molar-refractivity contribution in [2.24, 2.45) is 4.99 Å². The second kappa shape index (κ2) is 8.63. The monoisotopic (exact) mass is 516 g/mol. The van der Waals surface area contributed by atoms with Gasteiger partial charge in [-0.05, 0) is 35.9 Å². The number of ether oxygens (including phenoxy) is 2. The molecule has 0 saturated carbocycles. The first-order valence-electron chi connectivity index (χ1n) is 7.83. The smallest absolute Gasteiger partial charge is 0.269 e. The average molecular weight is 519 g/mol. The summed E-state index contributed by atoms with van der Waals surface area (Å²) < 4.78 is 7.36. The molecule has 0 aromatic heterocycles. The maximum Gasteiger partial charge on any atom is 0.269 e. The molecular weight excluding hydrogens is 509 g/mol. The van der Waals surface area contributed by atoms with Crippen LogP contribution in [0.2, 0.25) is 0 Å². The highest BCUT2D eigenvalue weighted by Crippen LogP contribution is 2.51. The van der Waals surface area contributed by atoms with Gasteiger partial charge in [-0.3, -0.25) is 15.1 Å². The Hall–Kier alpha value is -0.990. The number of fused-ring (bicyclic) bond motifs is 1. The second-order valence-electron chi connectivity index (χ2n) is 5.88. The molecule has 0 amide bonds. The molecule has 0 saturated heterocycles. The number of rotatable bonds is 3. The third-order valence-electron chi connectivity index (χ3n) is 3.80. The third kappa shape index (κ3) is 5.58. The lowest BCUT2D eigenvalue weighted by atomic mass is 10.1. The Morgan fingerprint density at radius 3 is 2.21 bits per heavy atom. The van der Waals surface area contributed by atoms with E-state index in [1.165, 1.54) is 18.3 Å².